The average Bonchev–Trinajstić information content (AvgIpc) is 2.43. The highest BCUT2D eigenvalue weighted by Gasteiger charge is 2.20. The van der Waals surface area contributed by atoms with Crippen LogP contribution in [0.5, 0.6) is 0 Å². The van der Waals surface area contributed by atoms with E-state index in [1.54, 1.807) is 0 Å². The lowest BCUT2D eigenvalue weighted by Crippen LogP contribution is -2.42. The summed E-state index contributed by atoms with van der Waals surface area (Å²) in [5.41, 5.74) is 0. The summed E-state index contributed by atoms with van der Waals surface area (Å²) in [5.74, 6) is 0.560. The van der Waals surface area contributed by atoms with Gasteiger partial charge in [0.05, 0.1) is 6.61 Å². The molecule has 4 heteroatoms. The third kappa shape index (κ3) is 7.25. The smallest absolute Gasteiger partial charge is 0.323 e. The van der Waals surface area contributed by atoms with Gasteiger partial charge in [0.1, 0.15) is 6.04 Å². The minimum Gasteiger partial charge on any atom is -0.465 e. The van der Waals surface area contributed by atoms with Crippen LogP contribution in [0.2, 0.25) is 0 Å². The molecule has 118 valence electrons. The molecule has 1 saturated carbocycles. The molecule has 0 spiro atoms. The first-order valence-corrected chi connectivity index (χ1v) is 8.14. The predicted octanol–water partition coefficient (Wildman–Crippen LogP) is 2.90. The third-order valence-electron chi connectivity index (χ3n) is 3.73. The Hall–Kier alpha value is -0.610. The third-order valence-corrected chi connectivity index (χ3v) is 3.73. The first-order chi connectivity index (χ1) is 9.63. The highest BCUT2D eigenvalue weighted by atomic mass is 16.5. The fraction of sp³-hybridized carbons (Fsp3) is 0.938. The molecule has 0 aromatic carbocycles. The molecule has 1 atom stereocenters. The van der Waals surface area contributed by atoms with Crippen molar-refractivity contribution >= 4 is 5.97 Å². The van der Waals surface area contributed by atoms with E-state index < -0.39 is 0 Å². The Kier molecular flexibility index (Phi) is 8.86. The van der Waals surface area contributed by atoms with Gasteiger partial charge in [-0.15, -0.1) is 0 Å². The number of esters is 1. The second-order valence-electron chi connectivity index (χ2n) is 5.99. The molecule has 0 radical (unpaired) electrons. The summed E-state index contributed by atoms with van der Waals surface area (Å²) in [6, 6.07) is 0.0176. The van der Waals surface area contributed by atoms with Crippen molar-refractivity contribution in [2.45, 2.75) is 71.4 Å². The van der Waals surface area contributed by atoms with E-state index in [4.69, 9.17) is 9.47 Å². The summed E-state index contributed by atoms with van der Waals surface area (Å²) in [5, 5.41) is 3.25. The van der Waals surface area contributed by atoms with Crippen LogP contribution in [-0.2, 0) is 14.3 Å². The highest BCUT2D eigenvalue weighted by Crippen LogP contribution is 2.23. The summed E-state index contributed by atoms with van der Waals surface area (Å²) >= 11 is 0. The van der Waals surface area contributed by atoms with Gasteiger partial charge in [0.25, 0.3) is 0 Å². The molecule has 0 amide bonds. The average molecular weight is 285 g/mol. The van der Waals surface area contributed by atoms with Crippen LogP contribution in [0.25, 0.3) is 0 Å². The molecule has 1 rings (SSSR count). The quantitative estimate of drug-likeness (QED) is 0.523. The fourth-order valence-corrected chi connectivity index (χ4v) is 2.72. The largest absolute Gasteiger partial charge is 0.465 e. The van der Waals surface area contributed by atoms with Crippen LogP contribution in [-0.4, -0.2) is 37.9 Å². The zero-order valence-electron chi connectivity index (χ0n) is 13.3. The number of carbonyl (C=O) groups is 1. The van der Waals surface area contributed by atoms with Crippen LogP contribution in [0, 0.1) is 5.92 Å². The Labute approximate surface area is 123 Å². The Bertz CT molecular complexity index is 262. The van der Waals surface area contributed by atoms with E-state index in [1.165, 1.54) is 32.1 Å². The highest BCUT2D eigenvalue weighted by molar-refractivity contribution is 5.75. The molecule has 0 aromatic rings. The maximum Gasteiger partial charge on any atom is 0.323 e. The van der Waals surface area contributed by atoms with Gasteiger partial charge in [-0.1, -0.05) is 33.1 Å². The van der Waals surface area contributed by atoms with Crippen molar-refractivity contribution < 1.29 is 14.3 Å². The van der Waals surface area contributed by atoms with Crippen molar-refractivity contribution in [3.63, 3.8) is 0 Å². The van der Waals surface area contributed by atoms with Gasteiger partial charge in [-0.05, 0) is 32.1 Å². The molecule has 1 N–H and O–H groups in total. The molecule has 0 bridgehead atoms. The van der Waals surface area contributed by atoms with E-state index in [1.807, 2.05) is 20.8 Å². The monoisotopic (exact) mass is 285 g/mol. The molecule has 20 heavy (non-hydrogen) atoms. The Morgan fingerprint density at radius 3 is 2.55 bits per heavy atom. The molecule has 4 nitrogen and oxygen atoms in total. The number of ether oxygens (including phenoxy) is 2. The van der Waals surface area contributed by atoms with Crippen LogP contribution in [0.1, 0.15) is 59.3 Å². The molecule has 1 aliphatic rings. The van der Waals surface area contributed by atoms with Gasteiger partial charge < -0.3 is 14.8 Å². The van der Waals surface area contributed by atoms with Crippen LogP contribution in [0.4, 0.5) is 0 Å². The predicted molar refractivity (Wildman–Crippen MR) is 80.7 cm³/mol. The minimum atomic E-state index is -0.249. The van der Waals surface area contributed by atoms with Crippen molar-refractivity contribution in [3.05, 3.63) is 0 Å². The standard InChI is InChI=1S/C16H31NO3/c1-4-20-16(18)15(17-13(2)3)10-11-19-12-14-8-6-5-7-9-14/h13-15,17H,4-12H2,1-3H3. The molecular formula is C16H31NO3. The molecule has 0 aromatic heterocycles. The van der Waals surface area contributed by atoms with Crippen LogP contribution in [0.15, 0.2) is 0 Å². The van der Waals surface area contributed by atoms with Crippen LogP contribution >= 0.6 is 0 Å². The first kappa shape index (κ1) is 17.4. The molecule has 1 fully saturated rings. The lowest BCUT2D eigenvalue weighted by Gasteiger charge is -2.23. The minimum absolute atomic E-state index is 0.164. The normalized spacial score (nSPS) is 18.2. The number of hydrogen-bond acceptors (Lipinski definition) is 4. The molecule has 0 heterocycles. The zero-order valence-corrected chi connectivity index (χ0v) is 13.3. The van der Waals surface area contributed by atoms with Gasteiger partial charge in [0, 0.05) is 19.3 Å². The van der Waals surface area contributed by atoms with Crippen molar-refractivity contribution in [1.82, 2.24) is 5.32 Å². The Balaban J connectivity index is 2.21. The fourth-order valence-electron chi connectivity index (χ4n) is 2.72. The summed E-state index contributed by atoms with van der Waals surface area (Å²) in [4.78, 5) is 11.8. The Morgan fingerprint density at radius 1 is 1.25 bits per heavy atom. The summed E-state index contributed by atoms with van der Waals surface area (Å²) in [7, 11) is 0. The maximum atomic E-state index is 11.8. The number of carbonyl (C=O) groups excluding carboxylic acids is 1. The molecule has 0 saturated heterocycles. The van der Waals surface area contributed by atoms with Crippen molar-refractivity contribution in [2.75, 3.05) is 19.8 Å². The van der Waals surface area contributed by atoms with Gasteiger partial charge in [0.2, 0.25) is 0 Å². The van der Waals surface area contributed by atoms with Crippen molar-refractivity contribution in [3.8, 4) is 0 Å². The maximum absolute atomic E-state index is 11.8. The summed E-state index contributed by atoms with van der Waals surface area (Å²) < 4.78 is 10.9. The van der Waals surface area contributed by atoms with E-state index in [0.29, 0.717) is 19.6 Å². The summed E-state index contributed by atoms with van der Waals surface area (Å²) in [6.45, 7) is 7.81. The van der Waals surface area contributed by atoms with E-state index in [0.717, 1.165) is 12.5 Å². The number of hydrogen-bond donors (Lipinski definition) is 1. The van der Waals surface area contributed by atoms with Crippen molar-refractivity contribution in [2.24, 2.45) is 5.92 Å². The van der Waals surface area contributed by atoms with Crippen LogP contribution < -0.4 is 5.32 Å². The lowest BCUT2D eigenvalue weighted by molar-refractivity contribution is -0.146. The van der Waals surface area contributed by atoms with Gasteiger partial charge in [-0.25, -0.2) is 0 Å². The van der Waals surface area contributed by atoms with Gasteiger partial charge in [-0.2, -0.15) is 0 Å². The molecule has 1 aliphatic carbocycles. The molecular weight excluding hydrogens is 254 g/mol. The van der Waals surface area contributed by atoms with Gasteiger partial charge >= 0.3 is 5.97 Å². The van der Waals surface area contributed by atoms with E-state index in [9.17, 15) is 4.79 Å². The topological polar surface area (TPSA) is 47.6 Å². The SMILES string of the molecule is CCOC(=O)C(CCOCC1CCCCC1)NC(C)C. The zero-order chi connectivity index (χ0) is 14.8. The van der Waals surface area contributed by atoms with Gasteiger partial charge in [0.15, 0.2) is 0 Å². The lowest BCUT2D eigenvalue weighted by atomic mass is 9.90. The summed E-state index contributed by atoms with van der Waals surface area (Å²) in [6.07, 6.45) is 7.34. The number of rotatable bonds is 9. The number of nitrogens with one attached hydrogen (secondary N) is 1. The van der Waals surface area contributed by atoms with Crippen LogP contribution in [0.3, 0.4) is 0 Å². The van der Waals surface area contributed by atoms with Crippen molar-refractivity contribution in [1.29, 1.82) is 0 Å². The van der Waals surface area contributed by atoms with E-state index in [2.05, 4.69) is 5.32 Å². The Morgan fingerprint density at radius 2 is 1.95 bits per heavy atom. The second kappa shape index (κ2) is 10.2. The van der Waals surface area contributed by atoms with Gasteiger partial charge in [-0.3, -0.25) is 4.79 Å². The molecule has 1 unspecified atom stereocenters. The van der Waals surface area contributed by atoms with E-state index >= 15 is 0 Å². The second-order valence-corrected chi connectivity index (χ2v) is 5.99. The molecule has 0 aliphatic heterocycles. The first-order valence-electron chi connectivity index (χ1n) is 8.14. The van der Waals surface area contributed by atoms with E-state index in [-0.39, 0.29) is 18.1 Å².